The molecule has 0 bridgehead atoms. The third-order valence-corrected chi connectivity index (χ3v) is 5.71. The van der Waals surface area contributed by atoms with Crippen LogP contribution in [0.4, 0.5) is 0 Å². The van der Waals surface area contributed by atoms with Crippen LogP contribution in [0, 0.1) is 5.92 Å². The van der Waals surface area contributed by atoms with Crippen LogP contribution in [-0.4, -0.2) is 24.7 Å². The molecule has 1 aliphatic rings. The van der Waals surface area contributed by atoms with Crippen molar-refractivity contribution < 1.29 is 13.2 Å². The molecule has 0 N–H and O–H groups in total. The average Bonchev–Trinajstić information content (AvgIpc) is 2.46. The second-order valence-electron chi connectivity index (χ2n) is 5.37. The van der Waals surface area contributed by atoms with Gasteiger partial charge in [-0.25, -0.2) is 8.42 Å². The summed E-state index contributed by atoms with van der Waals surface area (Å²) >= 11 is 0. The van der Waals surface area contributed by atoms with Crippen molar-refractivity contribution in [1.29, 1.82) is 0 Å². The Labute approximate surface area is 92.2 Å². The Morgan fingerprint density at radius 1 is 1.33 bits per heavy atom. The Morgan fingerprint density at radius 3 is 2.33 bits per heavy atom. The second-order valence-corrected chi connectivity index (χ2v) is 8.23. The lowest BCUT2D eigenvalue weighted by molar-refractivity contribution is -0.117. The fraction of sp³-hybridized carbons (Fsp3) is 0.909. The van der Waals surface area contributed by atoms with Crippen LogP contribution in [0.2, 0.25) is 0 Å². The second kappa shape index (κ2) is 4.24. The quantitative estimate of drug-likeness (QED) is 0.747. The van der Waals surface area contributed by atoms with Crippen LogP contribution in [0.1, 0.15) is 46.5 Å². The Balaban J connectivity index is 2.47. The first-order valence-corrected chi connectivity index (χ1v) is 7.11. The molecule has 0 saturated heterocycles. The van der Waals surface area contributed by atoms with Gasteiger partial charge in [0.25, 0.3) is 0 Å². The standard InChI is InChI=1S/C11H20O3S/c1-11(2,3)15(13,14)7-6-9-4-5-10(12)8-9/h9H,4-8H2,1-3H3. The van der Waals surface area contributed by atoms with E-state index < -0.39 is 14.6 Å². The van der Waals surface area contributed by atoms with E-state index in [2.05, 4.69) is 0 Å². The molecule has 0 aromatic heterocycles. The zero-order valence-corrected chi connectivity index (χ0v) is 10.6. The van der Waals surface area contributed by atoms with Crippen molar-refractivity contribution in [3.63, 3.8) is 0 Å². The van der Waals surface area contributed by atoms with Crippen LogP contribution in [0.15, 0.2) is 0 Å². The highest BCUT2D eigenvalue weighted by Gasteiger charge is 2.30. The minimum atomic E-state index is -3.01. The third-order valence-electron chi connectivity index (χ3n) is 3.08. The molecule has 0 spiro atoms. The number of carbonyl (C=O) groups excluding carboxylic acids is 1. The molecule has 1 saturated carbocycles. The fourth-order valence-electron chi connectivity index (χ4n) is 1.77. The van der Waals surface area contributed by atoms with Gasteiger partial charge in [-0.2, -0.15) is 0 Å². The van der Waals surface area contributed by atoms with Gasteiger partial charge >= 0.3 is 0 Å². The van der Waals surface area contributed by atoms with Crippen molar-refractivity contribution in [3.8, 4) is 0 Å². The first-order valence-electron chi connectivity index (χ1n) is 5.46. The Hall–Kier alpha value is -0.380. The molecule has 1 unspecified atom stereocenters. The molecule has 3 nitrogen and oxygen atoms in total. The van der Waals surface area contributed by atoms with Gasteiger partial charge in [-0.05, 0) is 39.5 Å². The number of sulfone groups is 1. The summed E-state index contributed by atoms with van der Waals surface area (Å²) in [5, 5.41) is 0. The van der Waals surface area contributed by atoms with Gasteiger partial charge in [0, 0.05) is 12.8 Å². The molecule has 0 aromatic carbocycles. The van der Waals surface area contributed by atoms with Crippen molar-refractivity contribution >= 4 is 15.6 Å². The van der Waals surface area contributed by atoms with Gasteiger partial charge in [-0.3, -0.25) is 4.79 Å². The van der Waals surface area contributed by atoms with E-state index in [1.807, 2.05) is 0 Å². The lowest BCUT2D eigenvalue weighted by Gasteiger charge is -2.20. The van der Waals surface area contributed by atoms with Gasteiger partial charge in [0.15, 0.2) is 9.84 Å². The van der Waals surface area contributed by atoms with Crippen molar-refractivity contribution in [3.05, 3.63) is 0 Å². The molecule has 15 heavy (non-hydrogen) atoms. The maximum atomic E-state index is 11.8. The summed E-state index contributed by atoms with van der Waals surface area (Å²) in [7, 11) is -3.01. The fourth-order valence-corrected chi connectivity index (χ4v) is 3.02. The maximum Gasteiger partial charge on any atom is 0.155 e. The molecule has 1 fully saturated rings. The summed E-state index contributed by atoms with van der Waals surface area (Å²) < 4.78 is 22.9. The Morgan fingerprint density at radius 2 is 1.93 bits per heavy atom. The highest BCUT2D eigenvalue weighted by molar-refractivity contribution is 7.92. The zero-order valence-electron chi connectivity index (χ0n) is 9.75. The molecule has 1 rings (SSSR count). The van der Waals surface area contributed by atoms with Gasteiger partial charge < -0.3 is 0 Å². The lowest BCUT2D eigenvalue weighted by Crippen LogP contribution is -2.31. The molecule has 1 aliphatic carbocycles. The van der Waals surface area contributed by atoms with Crippen LogP contribution in [0.3, 0.4) is 0 Å². The van der Waals surface area contributed by atoms with Gasteiger partial charge in [-0.1, -0.05) is 0 Å². The molecule has 1 atom stereocenters. The van der Waals surface area contributed by atoms with E-state index in [0.717, 1.165) is 6.42 Å². The molecule has 88 valence electrons. The average molecular weight is 232 g/mol. The monoisotopic (exact) mass is 232 g/mol. The third kappa shape index (κ3) is 3.30. The van der Waals surface area contributed by atoms with E-state index in [0.29, 0.717) is 25.2 Å². The number of hydrogen-bond acceptors (Lipinski definition) is 3. The van der Waals surface area contributed by atoms with E-state index in [1.54, 1.807) is 20.8 Å². The number of carbonyl (C=O) groups is 1. The van der Waals surface area contributed by atoms with Crippen LogP contribution >= 0.6 is 0 Å². The van der Waals surface area contributed by atoms with Crippen molar-refractivity contribution in [2.75, 3.05) is 5.75 Å². The summed E-state index contributed by atoms with van der Waals surface area (Å²) in [6.07, 6.45) is 2.74. The van der Waals surface area contributed by atoms with Crippen LogP contribution in [0.25, 0.3) is 0 Å². The molecule has 0 radical (unpaired) electrons. The molecule has 4 heteroatoms. The summed E-state index contributed by atoms with van der Waals surface area (Å²) in [5.41, 5.74) is 0. The molecule has 0 amide bonds. The van der Waals surface area contributed by atoms with Crippen molar-refractivity contribution in [1.82, 2.24) is 0 Å². The predicted octanol–water partition coefficient (Wildman–Crippen LogP) is 1.96. The van der Waals surface area contributed by atoms with Gasteiger partial charge in [0.1, 0.15) is 5.78 Å². The van der Waals surface area contributed by atoms with Crippen LogP contribution < -0.4 is 0 Å². The normalized spacial score (nSPS) is 23.4. The van der Waals surface area contributed by atoms with Crippen LogP contribution in [-0.2, 0) is 14.6 Å². The number of ketones is 1. The Kier molecular flexibility index (Phi) is 3.59. The smallest absolute Gasteiger partial charge is 0.155 e. The molecule has 0 heterocycles. The number of rotatable bonds is 3. The van der Waals surface area contributed by atoms with Gasteiger partial charge in [0.05, 0.1) is 10.5 Å². The molecule has 0 aliphatic heterocycles. The first-order chi connectivity index (χ1) is 6.72. The van der Waals surface area contributed by atoms with E-state index in [9.17, 15) is 13.2 Å². The molecule has 0 aromatic rings. The van der Waals surface area contributed by atoms with E-state index >= 15 is 0 Å². The van der Waals surface area contributed by atoms with E-state index in [1.165, 1.54) is 0 Å². The van der Waals surface area contributed by atoms with Gasteiger partial charge in [0.2, 0.25) is 0 Å². The van der Waals surface area contributed by atoms with Crippen molar-refractivity contribution in [2.45, 2.75) is 51.2 Å². The highest BCUT2D eigenvalue weighted by Crippen LogP contribution is 2.27. The maximum absolute atomic E-state index is 11.8. The molecular formula is C11H20O3S. The first kappa shape index (κ1) is 12.7. The lowest BCUT2D eigenvalue weighted by atomic mass is 10.1. The topological polar surface area (TPSA) is 51.2 Å². The number of Topliss-reactive ketones (excluding diaryl/α,β-unsaturated/α-hetero) is 1. The summed E-state index contributed by atoms with van der Waals surface area (Å²) in [4.78, 5) is 11.0. The largest absolute Gasteiger partial charge is 0.300 e. The minimum absolute atomic E-state index is 0.217. The zero-order chi connectivity index (χ0) is 11.7. The van der Waals surface area contributed by atoms with Crippen LogP contribution in [0.5, 0.6) is 0 Å². The van der Waals surface area contributed by atoms with E-state index in [-0.39, 0.29) is 11.5 Å². The van der Waals surface area contributed by atoms with Crippen molar-refractivity contribution in [2.24, 2.45) is 5.92 Å². The summed E-state index contributed by atoms with van der Waals surface area (Å²) in [6.45, 7) is 5.17. The number of hydrogen-bond donors (Lipinski definition) is 0. The highest BCUT2D eigenvalue weighted by atomic mass is 32.2. The van der Waals surface area contributed by atoms with E-state index in [4.69, 9.17) is 0 Å². The Bertz CT molecular complexity index is 335. The van der Waals surface area contributed by atoms with Gasteiger partial charge in [-0.15, -0.1) is 0 Å². The SMILES string of the molecule is CC(C)(C)S(=O)(=O)CCC1CCC(=O)C1. The summed E-state index contributed by atoms with van der Waals surface area (Å²) in [5.74, 6) is 0.803. The molecular weight excluding hydrogens is 212 g/mol. The summed E-state index contributed by atoms with van der Waals surface area (Å²) in [6, 6.07) is 0. The minimum Gasteiger partial charge on any atom is -0.300 e. The predicted molar refractivity (Wildman–Crippen MR) is 60.5 cm³/mol.